The molecule has 1 saturated heterocycles. The number of piperidine rings is 1. The molecule has 0 aromatic heterocycles. The lowest BCUT2D eigenvalue weighted by atomic mass is 9.95. The van der Waals surface area contributed by atoms with E-state index in [1.165, 1.54) is 0 Å². The van der Waals surface area contributed by atoms with Gasteiger partial charge in [0.25, 0.3) is 5.91 Å². The predicted octanol–water partition coefficient (Wildman–Crippen LogP) is 1.57. The molecule has 2 amide bonds. The van der Waals surface area contributed by atoms with Crippen LogP contribution in [0.5, 0.6) is 0 Å². The van der Waals surface area contributed by atoms with Crippen molar-refractivity contribution in [3.8, 4) is 0 Å². The fraction of sp³-hybridized carbons (Fsp3) is 0.500. The van der Waals surface area contributed by atoms with Gasteiger partial charge in [0.15, 0.2) is 0 Å². The van der Waals surface area contributed by atoms with Gasteiger partial charge in [0.1, 0.15) is 6.04 Å². The summed E-state index contributed by atoms with van der Waals surface area (Å²) in [5, 5.41) is 9.59. The number of amides is 2. The lowest BCUT2D eigenvalue weighted by molar-refractivity contribution is -0.123. The van der Waals surface area contributed by atoms with Crippen LogP contribution in [0.15, 0.2) is 24.3 Å². The normalized spacial score (nSPS) is 22.7. The minimum Gasteiger partial charge on any atom is -0.351 e. The molecule has 0 radical (unpaired) electrons. The van der Waals surface area contributed by atoms with Crippen LogP contribution < -0.4 is 16.0 Å². The van der Waals surface area contributed by atoms with Crippen LogP contribution in [0.4, 0.5) is 0 Å². The van der Waals surface area contributed by atoms with E-state index in [1.54, 1.807) is 31.2 Å². The van der Waals surface area contributed by atoms with Gasteiger partial charge in [-0.15, -0.1) is 0 Å². The van der Waals surface area contributed by atoms with E-state index >= 15 is 0 Å². The van der Waals surface area contributed by atoms with Crippen LogP contribution in [0.2, 0.25) is 5.02 Å². The summed E-state index contributed by atoms with van der Waals surface area (Å²) in [4.78, 5) is 24.3. The number of hydrogen-bond acceptors (Lipinski definition) is 3. The van der Waals surface area contributed by atoms with Crippen molar-refractivity contribution in [2.75, 3.05) is 13.1 Å². The maximum Gasteiger partial charge on any atom is 0.251 e. The summed E-state index contributed by atoms with van der Waals surface area (Å²) < 4.78 is 0. The van der Waals surface area contributed by atoms with Crippen LogP contribution in [-0.4, -0.2) is 37.0 Å². The molecule has 120 valence electrons. The van der Waals surface area contributed by atoms with Crippen LogP contribution in [0.25, 0.3) is 0 Å². The molecule has 1 heterocycles. The summed E-state index contributed by atoms with van der Waals surface area (Å²) in [7, 11) is 0. The number of hydrogen-bond donors (Lipinski definition) is 3. The molecular weight excluding hydrogens is 302 g/mol. The third-order valence-electron chi connectivity index (χ3n) is 3.96. The van der Waals surface area contributed by atoms with E-state index in [0.29, 0.717) is 16.5 Å². The van der Waals surface area contributed by atoms with Gasteiger partial charge in [-0.25, -0.2) is 0 Å². The molecule has 1 fully saturated rings. The quantitative estimate of drug-likeness (QED) is 0.788. The van der Waals surface area contributed by atoms with Gasteiger partial charge in [-0.05, 0) is 56.6 Å². The largest absolute Gasteiger partial charge is 0.351 e. The lowest BCUT2D eigenvalue weighted by Crippen LogP contribution is -2.53. The average Bonchev–Trinajstić information content (AvgIpc) is 2.50. The minimum atomic E-state index is -0.578. The lowest BCUT2D eigenvalue weighted by Gasteiger charge is -2.31. The fourth-order valence-electron chi connectivity index (χ4n) is 2.48. The third kappa shape index (κ3) is 4.45. The van der Waals surface area contributed by atoms with Gasteiger partial charge < -0.3 is 16.0 Å². The molecule has 1 aromatic carbocycles. The van der Waals surface area contributed by atoms with E-state index in [4.69, 9.17) is 11.6 Å². The SMILES string of the molecule is CC(NC(=O)c1ccc(Cl)cc1)C(=O)NC1CCNCC1C. The molecule has 6 heteroatoms. The van der Waals surface area contributed by atoms with Crippen molar-refractivity contribution in [1.29, 1.82) is 0 Å². The predicted molar refractivity (Wildman–Crippen MR) is 87.0 cm³/mol. The first-order chi connectivity index (χ1) is 10.5. The number of halogens is 1. The Morgan fingerprint density at radius 2 is 2.00 bits per heavy atom. The Balaban J connectivity index is 1.87. The van der Waals surface area contributed by atoms with Gasteiger partial charge in [-0.1, -0.05) is 18.5 Å². The van der Waals surface area contributed by atoms with E-state index in [-0.39, 0.29) is 17.9 Å². The Labute approximate surface area is 135 Å². The topological polar surface area (TPSA) is 70.2 Å². The summed E-state index contributed by atoms with van der Waals surface area (Å²) in [5.74, 6) is -0.0457. The van der Waals surface area contributed by atoms with Crippen LogP contribution >= 0.6 is 11.6 Å². The van der Waals surface area contributed by atoms with Gasteiger partial charge in [0, 0.05) is 16.6 Å². The highest BCUT2D eigenvalue weighted by molar-refractivity contribution is 6.30. The maximum absolute atomic E-state index is 12.2. The van der Waals surface area contributed by atoms with E-state index in [9.17, 15) is 9.59 Å². The highest BCUT2D eigenvalue weighted by Crippen LogP contribution is 2.11. The highest BCUT2D eigenvalue weighted by atomic mass is 35.5. The van der Waals surface area contributed by atoms with E-state index in [1.807, 2.05) is 0 Å². The Morgan fingerprint density at radius 3 is 2.64 bits per heavy atom. The van der Waals surface area contributed by atoms with Crippen molar-refractivity contribution < 1.29 is 9.59 Å². The summed E-state index contributed by atoms with van der Waals surface area (Å²) in [6.45, 7) is 5.60. The molecule has 1 aromatic rings. The summed E-state index contributed by atoms with van der Waals surface area (Å²) in [6.07, 6.45) is 0.907. The monoisotopic (exact) mass is 323 g/mol. The maximum atomic E-state index is 12.2. The smallest absolute Gasteiger partial charge is 0.251 e. The molecule has 0 aliphatic carbocycles. The van der Waals surface area contributed by atoms with Crippen LogP contribution in [-0.2, 0) is 4.79 Å². The number of benzene rings is 1. The van der Waals surface area contributed by atoms with Crippen molar-refractivity contribution in [2.24, 2.45) is 5.92 Å². The zero-order valence-electron chi connectivity index (χ0n) is 12.9. The molecule has 3 N–H and O–H groups in total. The molecule has 0 spiro atoms. The van der Waals surface area contributed by atoms with Gasteiger partial charge in [0.2, 0.25) is 5.91 Å². The Kier molecular flexibility index (Phi) is 5.80. The molecular formula is C16H22ClN3O2. The first-order valence-corrected chi connectivity index (χ1v) is 7.92. The van der Waals surface area contributed by atoms with Crippen LogP contribution in [0.3, 0.4) is 0 Å². The fourth-order valence-corrected chi connectivity index (χ4v) is 2.61. The van der Waals surface area contributed by atoms with Crippen molar-refractivity contribution in [1.82, 2.24) is 16.0 Å². The van der Waals surface area contributed by atoms with Gasteiger partial charge in [-0.3, -0.25) is 9.59 Å². The molecule has 0 saturated carbocycles. The Morgan fingerprint density at radius 1 is 1.32 bits per heavy atom. The summed E-state index contributed by atoms with van der Waals surface area (Å²) in [5.41, 5.74) is 0.485. The molecule has 2 rings (SSSR count). The number of rotatable bonds is 4. The Hall–Kier alpha value is -1.59. The molecule has 1 aliphatic rings. The van der Waals surface area contributed by atoms with Gasteiger partial charge in [0.05, 0.1) is 0 Å². The van der Waals surface area contributed by atoms with Crippen molar-refractivity contribution >= 4 is 23.4 Å². The second kappa shape index (κ2) is 7.61. The highest BCUT2D eigenvalue weighted by Gasteiger charge is 2.25. The molecule has 3 atom stereocenters. The van der Waals surface area contributed by atoms with Crippen molar-refractivity contribution in [3.05, 3.63) is 34.9 Å². The standard InChI is InChI=1S/C16H22ClN3O2/c1-10-9-18-8-7-14(10)20-15(21)11(2)19-16(22)12-3-5-13(17)6-4-12/h3-6,10-11,14,18H,7-9H2,1-2H3,(H,19,22)(H,20,21). The zero-order valence-corrected chi connectivity index (χ0v) is 13.6. The number of nitrogens with one attached hydrogen (secondary N) is 3. The summed E-state index contributed by atoms with van der Waals surface area (Å²) in [6, 6.07) is 6.15. The molecule has 5 nitrogen and oxygen atoms in total. The van der Waals surface area contributed by atoms with Crippen molar-refractivity contribution in [2.45, 2.75) is 32.4 Å². The molecule has 22 heavy (non-hydrogen) atoms. The van der Waals surface area contributed by atoms with Gasteiger partial charge >= 0.3 is 0 Å². The first kappa shape index (κ1) is 16.8. The number of carbonyl (C=O) groups excluding carboxylic acids is 2. The van der Waals surface area contributed by atoms with Crippen LogP contribution in [0, 0.1) is 5.92 Å². The minimum absolute atomic E-state index is 0.152. The van der Waals surface area contributed by atoms with E-state index in [2.05, 4.69) is 22.9 Å². The molecule has 0 bridgehead atoms. The summed E-state index contributed by atoms with van der Waals surface area (Å²) >= 11 is 5.79. The van der Waals surface area contributed by atoms with Crippen molar-refractivity contribution in [3.63, 3.8) is 0 Å². The molecule has 3 unspecified atom stereocenters. The first-order valence-electron chi connectivity index (χ1n) is 7.55. The zero-order chi connectivity index (χ0) is 16.1. The second-order valence-corrected chi connectivity index (χ2v) is 6.22. The number of carbonyl (C=O) groups is 2. The molecule has 1 aliphatic heterocycles. The Bertz CT molecular complexity index is 533. The average molecular weight is 324 g/mol. The third-order valence-corrected chi connectivity index (χ3v) is 4.21. The van der Waals surface area contributed by atoms with E-state index < -0.39 is 6.04 Å². The van der Waals surface area contributed by atoms with E-state index in [0.717, 1.165) is 19.5 Å². The van der Waals surface area contributed by atoms with Gasteiger partial charge in [-0.2, -0.15) is 0 Å². The second-order valence-electron chi connectivity index (χ2n) is 5.79. The van der Waals surface area contributed by atoms with Crippen LogP contribution in [0.1, 0.15) is 30.6 Å².